The first-order valence-corrected chi connectivity index (χ1v) is 6.32. The zero-order valence-electron chi connectivity index (χ0n) is 11.1. The van der Waals surface area contributed by atoms with Crippen molar-refractivity contribution in [2.24, 2.45) is 0 Å². The number of hydrogen-bond acceptors (Lipinski definition) is 2. The largest absolute Gasteiger partial charge is 0.495 e. The first kappa shape index (κ1) is 11.8. The zero-order valence-corrected chi connectivity index (χ0v) is 11.1. The minimum atomic E-state index is 0.840. The maximum atomic E-state index is 5.21. The molecule has 0 aliphatic carbocycles. The molecule has 0 N–H and O–H groups in total. The van der Waals surface area contributed by atoms with Crippen LogP contribution in [-0.2, 0) is 6.42 Å². The van der Waals surface area contributed by atoms with E-state index in [0.717, 1.165) is 23.5 Å². The van der Waals surface area contributed by atoms with Crippen LogP contribution in [0.4, 0.5) is 0 Å². The van der Waals surface area contributed by atoms with Gasteiger partial charge in [-0.2, -0.15) is 0 Å². The van der Waals surface area contributed by atoms with Gasteiger partial charge in [-0.15, -0.1) is 0 Å². The molecule has 0 bridgehead atoms. The van der Waals surface area contributed by atoms with Crippen LogP contribution >= 0.6 is 0 Å². The highest BCUT2D eigenvalue weighted by Crippen LogP contribution is 2.15. The number of imidazole rings is 1. The molecule has 19 heavy (non-hydrogen) atoms. The van der Waals surface area contributed by atoms with Gasteiger partial charge in [0, 0.05) is 12.6 Å². The summed E-state index contributed by atoms with van der Waals surface area (Å²) in [6.45, 7) is 2.10. The Labute approximate surface area is 112 Å². The van der Waals surface area contributed by atoms with Crippen molar-refractivity contribution >= 4 is 5.65 Å². The van der Waals surface area contributed by atoms with Crippen molar-refractivity contribution in [2.75, 3.05) is 7.11 Å². The van der Waals surface area contributed by atoms with Gasteiger partial charge in [-0.25, -0.2) is 4.98 Å². The van der Waals surface area contributed by atoms with Crippen molar-refractivity contribution in [2.45, 2.75) is 13.3 Å². The second kappa shape index (κ2) is 4.76. The summed E-state index contributed by atoms with van der Waals surface area (Å²) in [4.78, 5) is 4.61. The van der Waals surface area contributed by atoms with Gasteiger partial charge in [-0.3, -0.25) is 0 Å². The molecule has 3 heteroatoms. The van der Waals surface area contributed by atoms with Gasteiger partial charge in [0.15, 0.2) is 0 Å². The van der Waals surface area contributed by atoms with E-state index in [-0.39, 0.29) is 0 Å². The Hall–Kier alpha value is -2.29. The number of rotatable bonds is 3. The van der Waals surface area contributed by atoms with Crippen LogP contribution in [-0.4, -0.2) is 16.5 Å². The van der Waals surface area contributed by atoms with Crippen molar-refractivity contribution in [3.63, 3.8) is 0 Å². The van der Waals surface area contributed by atoms with Gasteiger partial charge in [0.1, 0.15) is 11.4 Å². The molecule has 0 unspecified atom stereocenters. The third kappa shape index (κ3) is 2.45. The van der Waals surface area contributed by atoms with Crippen molar-refractivity contribution in [3.05, 3.63) is 65.6 Å². The predicted molar refractivity (Wildman–Crippen MR) is 75.7 cm³/mol. The minimum absolute atomic E-state index is 0.840. The van der Waals surface area contributed by atoms with Crippen LogP contribution < -0.4 is 4.74 Å². The predicted octanol–water partition coefficient (Wildman–Crippen LogP) is 3.24. The number of hydrogen-bond donors (Lipinski definition) is 0. The number of fused-ring (bicyclic) bond motifs is 1. The number of aryl methyl sites for hydroxylation is 1. The molecular formula is C16H16N2O. The highest BCUT2D eigenvalue weighted by Gasteiger charge is 2.03. The monoisotopic (exact) mass is 252 g/mol. The smallest absolute Gasteiger partial charge is 0.137 e. The molecule has 0 aliphatic rings. The Bertz CT molecular complexity index is 698. The van der Waals surface area contributed by atoms with Gasteiger partial charge in [-0.1, -0.05) is 29.8 Å². The molecule has 3 aromatic rings. The number of pyridine rings is 1. The number of ether oxygens (including phenoxy) is 1. The molecule has 0 aliphatic heterocycles. The van der Waals surface area contributed by atoms with E-state index in [1.807, 2.05) is 22.7 Å². The van der Waals surface area contributed by atoms with E-state index in [9.17, 15) is 0 Å². The topological polar surface area (TPSA) is 26.5 Å². The molecular weight excluding hydrogens is 236 g/mol. The summed E-state index contributed by atoms with van der Waals surface area (Å²) in [7, 11) is 1.67. The molecule has 96 valence electrons. The molecule has 3 nitrogen and oxygen atoms in total. The lowest BCUT2D eigenvalue weighted by Crippen LogP contribution is -1.87. The SMILES string of the molecule is COc1ccc2nc(Cc3ccc(C)cc3)cn2c1. The van der Waals surface area contributed by atoms with E-state index < -0.39 is 0 Å². The van der Waals surface area contributed by atoms with Gasteiger partial charge in [-0.05, 0) is 24.6 Å². The summed E-state index contributed by atoms with van der Waals surface area (Å²) in [5.41, 5.74) is 4.57. The van der Waals surface area contributed by atoms with E-state index in [1.165, 1.54) is 11.1 Å². The fourth-order valence-electron chi connectivity index (χ4n) is 2.14. The quantitative estimate of drug-likeness (QED) is 0.715. The molecule has 0 spiro atoms. The second-order valence-electron chi connectivity index (χ2n) is 4.73. The van der Waals surface area contributed by atoms with Gasteiger partial charge in [0.2, 0.25) is 0 Å². The van der Waals surface area contributed by atoms with Gasteiger partial charge in [0.25, 0.3) is 0 Å². The average Bonchev–Trinajstić information content (AvgIpc) is 2.82. The summed E-state index contributed by atoms with van der Waals surface area (Å²) in [6.07, 6.45) is 4.85. The standard InChI is InChI=1S/C16H16N2O/c1-12-3-5-13(6-4-12)9-14-10-18-11-15(19-2)7-8-16(18)17-14/h3-8,10-11H,9H2,1-2H3. The Kier molecular flexibility index (Phi) is 2.95. The number of methoxy groups -OCH3 is 1. The highest BCUT2D eigenvalue weighted by molar-refractivity contribution is 5.43. The molecule has 0 radical (unpaired) electrons. The van der Waals surface area contributed by atoms with E-state index in [2.05, 4.69) is 42.4 Å². The summed E-state index contributed by atoms with van der Waals surface area (Å²) in [6, 6.07) is 12.5. The molecule has 2 aromatic heterocycles. The Morgan fingerprint density at radius 2 is 1.84 bits per heavy atom. The van der Waals surface area contributed by atoms with Crippen LogP contribution in [0.15, 0.2) is 48.8 Å². The van der Waals surface area contributed by atoms with Crippen molar-refractivity contribution in [1.29, 1.82) is 0 Å². The molecule has 0 saturated heterocycles. The number of aromatic nitrogens is 2. The summed E-state index contributed by atoms with van der Waals surface area (Å²) in [5, 5.41) is 0. The molecule has 3 rings (SSSR count). The minimum Gasteiger partial charge on any atom is -0.495 e. The van der Waals surface area contributed by atoms with Gasteiger partial charge in [0.05, 0.1) is 19.0 Å². The molecule has 2 heterocycles. The van der Waals surface area contributed by atoms with Crippen LogP contribution in [0.5, 0.6) is 5.75 Å². The third-order valence-electron chi connectivity index (χ3n) is 3.22. The molecule has 0 atom stereocenters. The third-order valence-corrected chi connectivity index (χ3v) is 3.22. The first-order chi connectivity index (χ1) is 9.24. The van der Waals surface area contributed by atoms with E-state index >= 15 is 0 Å². The van der Waals surface area contributed by atoms with E-state index in [0.29, 0.717) is 0 Å². The normalized spacial score (nSPS) is 10.8. The van der Waals surface area contributed by atoms with Crippen molar-refractivity contribution in [1.82, 2.24) is 9.38 Å². The van der Waals surface area contributed by atoms with Crippen molar-refractivity contribution < 1.29 is 4.74 Å². The van der Waals surface area contributed by atoms with Gasteiger partial charge < -0.3 is 9.14 Å². The number of benzene rings is 1. The highest BCUT2D eigenvalue weighted by atomic mass is 16.5. The van der Waals surface area contributed by atoms with Crippen LogP contribution in [0.25, 0.3) is 5.65 Å². The van der Waals surface area contributed by atoms with E-state index in [4.69, 9.17) is 4.74 Å². The summed E-state index contributed by atoms with van der Waals surface area (Å²) >= 11 is 0. The zero-order chi connectivity index (χ0) is 13.2. The summed E-state index contributed by atoms with van der Waals surface area (Å²) in [5.74, 6) is 0.840. The fourth-order valence-corrected chi connectivity index (χ4v) is 2.14. The maximum Gasteiger partial charge on any atom is 0.137 e. The van der Waals surface area contributed by atoms with Gasteiger partial charge >= 0.3 is 0 Å². The van der Waals surface area contributed by atoms with Crippen LogP contribution in [0.2, 0.25) is 0 Å². The molecule has 1 aromatic carbocycles. The number of nitrogens with zero attached hydrogens (tertiary/aromatic N) is 2. The lowest BCUT2D eigenvalue weighted by atomic mass is 10.1. The second-order valence-corrected chi connectivity index (χ2v) is 4.73. The Morgan fingerprint density at radius 3 is 2.58 bits per heavy atom. The lowest BCUT2D eigenvalue weighted by molar-refractivity contribution is 0.412. The molecule has 0 fully saturated rings. The van der Waals surface area contributed by atoms with Crippen LogP contribution in [0.3, 0.4) is 0 Å². The molecule has 0 saturated carbocycles. The first-order valence-electron chi connectivity index (χ1n) is 6.32. The fraction of sp³-hybridized carbons (Fsp3) is 0.188. The summed E-state index contributed by atoms with van der Waals surface area (Å²) < 4.78 is 7.22. The van der Waals surface area contributed by atoms with Crippen LogP contribution in [0, 0.1) is 6.92 Å². The maximum absolute atomic E-state index is 5.21. The van der Waals surface area contributed by atoms with Crippen LogP contribution in [0.1, 0.15) is 16.8 Å². The van der Waals surface area contributed by atoms with E-state index in [1.54, 1.807) is 7.11 Å². The average molecular weight is 252 g/mol. The Balaban J connectivity index is 1.90. The Morgan fingerprint density at radius 1 is 1.05 bits per heavy atom. The van der Waals surface area contributed by atoms with Crippen molar-refractivity contribution in [3.8, 4) is 5.75 Å². The lowest BCUT2D eigenvalue weighted by Gasteiger charge is -1.98. The molecule has 0 amide bonds.